The topological polar surface area (TPSA) is 88.1 Å². The highest BCUT2D eigenvalue weighted by Crippen LogP contribution is 2.47. The van der Waals surface area contributed by atoms with Crippen LogP contribution in [0.2, 0.25) is 5.02 Å². The van der Waals surface area contributed by atoms with Crippen LogP contribution >= 0.6 is 11.6 Å². The van der Waals surface area contributed by atoms with Crippen LogP contribution in [0.15, 0.2) is 70.9 Å². The number of hydrogen-bond donors (Lipinski definition) is 1. The van der Waals surface area contributed by atoms with E-state index in [0.29, 0.717) is 0 Å². The fourth-order valence-corrected chi connectivity index (χ4v) is 4.96. The first-order chi connectivity index (χ1) is 16.6. The van der Waals surface area contributed by atoms with Crippen molar-refractivity contribution >= 4 is 28.7 Å². The van der Waals surface area contributed by atoms with Crippen LogP contribution in [0.1, 0.15) is 71.6 Å². The molecule has 7 heteroatoms. The standard InChI is InChI=1S/C29H34ClN3O3/c1-27(2,3)18-28(4,5)20-15-22(29(6,7)19-11-9-8-10-12-19)26(34)25(16-20)32-31-24-17-21(33(35)36)13-14-23(24)30/h8-17,34H,18H2,1-7H3. The van der Waals surface area contributed by atoms with Crippen molar-refractivity contribution in [1.82, 2.24) is 0 Å². The van der Waals surface area contributed by atoms with Crippen LogP contribution in [-0.2, 0) is 10.8 Å². The van der Waals surface area contributed by atoms with Crippen LogP contribution in [0.25, 0.3) is 0 Å². The van der Waals surface area contributed by atoms with Gasteiger partial charge < -0.3 is 5.11 Å². The molecule has 0 fully saturated rings. The summed E-state index contributed by atoms with van der Waals surface area (Å²) in [5, 5.41) is 31.4. The number of non-ortho nitro benzene ring substituents is 1. The van der Waals surface area contributed by atoms with Gasteiger partial charge in [0.15, 0.2) is 0 Å². The van der Waals surface area contributed by atoms with Gasteiger partial charge in [-0.05, 0) is 40.5 Å². The summed E-state index contributed by atoms with van der Waals surface area (Å²) in [5.41, 5.74) is 2.45. The lowest BCUT2D eigenvalue weighted by Gasteiger charge is -2.35. The third-order valence-corrected chi connectivity index (χ3v) is 6.74. The molecule has 190 valence electrons. The molecule has 3 rings (SSSR count). The van der Waals surface area contributed by atoms with E-state index in [2.05, 4.69) is 64.8 Å². The number of azo groups is 1. The Labute approximate surface area is 218 Å². The molecule has 0 radical (unpaired) electrons. The summed E-state index contributed by atoms with van der Waals surface area (Å²) in [6.45, 7) is 15.1. The molecule has 0 amide bonds. The van der Waals surface area contributed by atoms with Crippen molar-refractivity contribution < 1.29 is 10.0 Å². The quantitative estimate of drug-likeness (QED) is 0.196. The van der Waals surface area contributed by atoms with Gasteiger partial charge in [-0.1, -0.05) is 96.5 Å². The fourth-order valence-electron chi connectivity index (χ4n) is 4.80. The summed E-state index contributed by atoms with van der Waals surface area (Å²) in [6.07, 6.45) is 0.906. The first kappa shape index (κ1) is 27.3. The molecule has 0 spiro atoms. The number of halogens is 1. The number of phenolic OH excluding ortho intramolecular Hbond substituents is 1. The summed E-state index contributed by atoms with van der Waals surface area (Å²) in [7, 11) is 0. The Hall–Kier alpha value is -3.25. The zero-order valence-corrected chi connectivity index (χ0v) is 22.7. The first-order valence-corrected chi connectivity index (χ1v) is 12.3. The van der Waals surface area contributed by atoms with E-state index >= 15 is 0 Å². The van der Waals surface area contributed by atoms with Crippen LogP contribution in [0.3, 0.4) is 0 Å². The number of phenols is 1. The Morgan fingerprint density at radius 2 is 1.47 bits per heavy atom. The Kier molecular flexibility index (Phi) is 7.61. The summed E-state index contributed by atoms with van der Waals surface area (Å²) >= 11 is 6.23. The fraction of sp³-hybridized carbons (Fsp3) is 0.379. The van der Waals surface area contributed by atoms with Crippen LogP contribution in [-0.4, -0.2) is 10.0 Å². The molecule has 1 N–H and O–H groups in total. The predicted octanol–water partition coefficient (Wildman–Crippen LogP) is 9.41. The molecule has 0 bridgehead atoms. The molecule has 0 aliphatic heterocycles. The van der Waals surface area contributed by atoms with Gasteiger partial charge in [-0.3, -0.25) is 10.1 Å². The number of nitro benzene ring substituents is 1. The van der Waals surface area contributed by atoms with Crippen molar-refractivity contribution in [3.05, 3.63) is 92.5 Å². The van der Waals surface area contributed by atoms with Gasteiger partial charge >= 0.3 is 0 Å². The van der Waals surface area contributed by atoms with Crippen molar-refractivity contribution in [2.75, 3.05) is 0 Å². The van der Waals surface area contributed by atoms with Gasteiger partial charge in [0.25, 0.3) is 5.69 Å². The Balaban J connectivity index is 2.22. The normalized spacial score (nSPS) is 12.8. The van der Waals surface area contributed by atoms with Crippen molar-refractivity contribution in [2.45, 2.75) is 65.7 Å². The van der Waals surface area contributed by atoms with E-state index in [-0.39, 0.29) is 38.7 Å². The number of rotatable bonds is 7. The molecule has 0 aromatic heterocycles. The van der Waals surface area contributed by atoms with E-state index in [1.165, 1.54) is 18.2 Å². The lowest BCUT2D eigenvalue weighted by Crippen LogP contribution is -2.26. The second-order valence-electron chi connectivity index (χ2n) is 11.6. The molecule has 6 nitrogen and oxygen atoms in total. The Bertz CT molecular complexity index is 1290. The van der Waals surface area contributed by atoms with E-state index in [4.69, 9.17) is 11.6 Å². The Morgan fingerprint density at radius 1 is 0.861 bits per heavy atom. The minimum Gasteiger partial charge on any atom is -0.505 e. The largest absolute Gasteiger partial charge is 0.505 e. The molecule has 3 aromatic carbocycles. The number of aromatic hydroxyl groups is 1. The number of nitro groups is 1. The minimum absolute atomic E-state index is 0.0180. The molecular formula is C29H34ClN3O3. The van der Waals surface area contributed by atoms with Gasteiger partial charge in [0.2, 0.25) is 0 Å². The maximum Gasteiger partial charge on any atom is 0.271 e. The van der Waals surface area contributed by atoms with Gasteiger partial charge in [0, 0.05) is 23.1 Å². The first-order valence-electron chi connectivity index (χ1n) is 11.9. The molecule has 0 saturated heterocycles. The van der Waals surface area contributed by atoms with E-state index in [0.717, 1.165) is 23.1 Å². The highest BCUT2D eigenvalue weighted by Gasteiger charge is 2.33. The van der Waals surface area contributed by atoms with Crippen molar-refractivity contribution in [2.24, 2.45) is 15.6 Å². The molecule has 0 heterocycles. The zero-order chi connectivity index (χ0) is 26.9. The van der Waals surface area contributed by atoms with E-state index < -0.39 is 10.3 Å². The van der Waals surface area contributed by atoms with Crippen LogP contribution < -0.4 is 0 Å². The maximum absolute atomic E-state index is 11.4. The molecule has 3 aromatic rings. The third-order valence-electron chi connectivity index (χ3n) is 6.42. The van der Waals surface area contributed by atoms with Crippen molar-refractivity contribution in [3.8, 4) is 5.75 Å². The van der Waals surface area contributed by atoms with Gasteiger partial charge in [-0.2, -0.15) is 0 Å². The summed E-state index contributed by atoms with van der Waals surface area (Å²) in [4.78, 5) is 10.7. The van der Waals surface area contributed by atoms with E-state index in [9.17, 15) is 15.2 Å². The second-order valence-corrected chi connectivity index (χ2v) is 12.0. The van der Waals surface area contributed by atoms with E-state index in [1.807, 2.05) is 36.4 Å². The lowest BCUT2D eigenvalue weighted by atomic mass is 9.70. The van der Waals surface area contributed by atoms with Gasteiger partial charge in [0.1, 0.15) is 17.1 Å². The maximum atomic E-state index is 11.4. The average Bonchev–Trinajstić information content (AvgIpc) is 2.77. The number of hydrogen-bond acceptors (Lipinski definition) is 5. The predicted molar refractivity (Wildman–Crippen MR) is 146 cm³/mol. The monoisotopic (exact) mass is 507 g/mol. The van der Waals surface area contributed by atoms with Gasteiger partial charge in [0.05, 0.1) is 9.95 Å². The van der Waals surface area contributed by atoms with E-state index in [1.54, 1.807) is 0 Å². The third kappa shape index (κ3) is 6.11. The molecule has 0 aliphatic rings. The zero-order valence-electron chi connectivity index (χ0n) is 22.0. The highest BCUT2D eigenvalue weighted by molar-refractivity contribution is 6.33. The summed E-state index contributed by atoms with van der Waals surface area (Å²) in [5.74, 6) is 0.0180. The summed E-state index contributed by atoms with van der Waals surface area (Å²) < 4.78 is 0. The SMILES string of the molecule is CC(C)(C)CC(C)(C)c1cc(N=Nc2cc([N+](=O)[O-])ccc2Cl)c(O)c(C(C)(C)c2ccccc2)c1. The minimum atomic E-state index is -0.521. The van der Waals surface area contributed by atoms with Gasteiger partial charge in [-0.25, -0.2) is 0 Å². The second kappa shape index (κ2) is 10.0. The van der Waals surface area contributed by atoms with Crippen LogP contribution in [0.5, 0.6) is 5.75 Å². The molecule has 0 aliphatic carbocycles. The molecule has 0 atom stereocenters. The smallest absolute Gasteiger partial charge is 0.271 e. The van der Waals surface area contributed by atoms with Gasteiger partial charge in [-0.15, -0.1) is 10.2 Å². The number of nitrogens with zero attached hydrogens (tertiary/aromatic N) is 3. The van der Waals surface area contributed by atoms with Crippen molar-refractivity contribution in [1.29, 1.82) is 0 Å². The molecule has 0 unspecified atom stereocenters. The lowest BCUT2D eigenvalue weighted by molar-refractivity contribution is -0.384. The molecule has 36 heavy (non-hydrogen) atoms. The number of benzene rings is 3. The summed E-state index contributed by atoms with van der Waals surface area (Å²) in [6, 6.07) is 17.9. The average molecular weight is 508 g/mol. The van der Waals surface area contributed by atoms with Crippen LogP contribution in [0, 0.1) is 15.5 Å². The van der Waals surface area contributed by atoms with Crippen LogP contribution in [0.4, 0.5) is 17.1 Å². The molecule has 0 saturated carbocycles. The molecular weight excluding hydrogens is 474 g/mol. The van der Waals surface area contributed by atoms with Crippen molar-refractivity contribution in [3.63, 3.8) is 0 Å². The highest BCUT2D eigenvalue weighted by atomic mass is 35.5. The Morgan fingerprint density at radius 3 is 2.06 bits per heavy atom.